The molecule has 1 fully saturated rings. The van der Waals surface area contributed by atoms with Gasteiger partial charge in [-0.05, 0) is 40.5 Å². The van der Waals surface area contributed by atoms with Crippen LogP contribution >= 0.6 is 0 Å². The molecule has 0 bridgehead atoms. The van der Waals surface area contributed by atoms with E-state index in [1.54, 1.807) is 12.4 Å². The van der Waals surface area contributed by atoms with Gasteiger partial charge in [0.05, 0.1) is 30.7 Å². The van der Waals surface area contributed by atoms with E-state index in [4.69, 9.17) is 9.47 Å². The van der Waals surface area contributed by atoms with Gasteiger partial charge in [-0.2, -0.15) is 4.98 Å². The van der Waals surface area contributed by atoms with Crippen LogP contribution in [0.1, 0.15) is 40.5 Å². The fourth-order valence-electron chi connectivity index (χ4n) is 2.41. The average molecular weight is 279 g/mol. The van der Waals surface area contributed by atoms with Crippen molar-refractivity contribution in [1.29, 1.82) is 0 Å². The summed E-state index contributed by atoms with van der Waals surface area (Å²) < 4.78 is 11.4. The maximum absolute atomic E-state index is 6.04. The van der Waals surface area contributed by atoms with E-state index < -0.39 is 0 Å². The number of piperidine rings is 1. The van der Waals surface area contributed by atoms with Gasteiger partial charge in [-0.1, -0.05) is 0 Å². The van der Waals surface area contributed by atoms with Gasteiger partial charge in [-0.15, -0.1) is 0 Å². The maximum atomic E-state index is 6.04. The largest absolute Gasteiger partial charge is 0.477 e. The molecular weight excluding hydrogens is 254 g/mol. The highest BCUT2D eigenvalue weighted by Crippen LogP contribution is 2.23. The van der Waals surface area contributed by atoms with Crippen LogP contribution in [0.5, 0.6) is 5.88 Å². The van der Waals surface area contributed by atoms with Crippen molar-refractivity contribution in [3.63, 3.8) is 0 Å². The zero-order valence-corrected chi connectivity index (χ0v) is 12.9. The Morgan fingerprint density at radius 1 is 1.25 bits per heavy atom. The van der Waals surface area contributed by atoms with Crippen LogP contribution in [-0.2, 0) is 4.74 Å². The normalized spacial score (nSPS) is 17.3. The highest BCUT2D eigenvalue weighted by Gasteiger charge is 2.25. The molecule has 5 heteroatoms. The average Bonchev–Trinajstić information content (AvgIpc) is 2.38. The van der Waals surface area contributed by atoms with Gasteiger partial charge in [0.2, 0.25) is 5.88 Å². The van der Waals surface area contributed by atoms with Crippen molar-refractivity contribution in [3.8, 4) is 5.88 Å². The van der Waals surface area contributed by atoms with Crippen molar-refractivity contribution in [2.75, 3.05) is 24.6 Å². The third kappa shape index (κ3) is 4.34. The lowest BCUT2D eigenvalue weighted by molar-refractivity contribution is -0.0683. The predicted octanol–water partition coefficient (Wildman–Crippen LogP) is 2.66. The lowest BCUT2D eigenvalue weighted by atomic mass is 10.1. The molecule has 0 spiro atoms. The molecule has 0 amide bonds. The van der Waals surface area contributed by atoms with E-state index in [1.165, 1.54) is 0 Å². The van der Waals surface area contributed by atoms with E-state index in [2.05, 4.69) is 35.6 Å². The highest BCUT2D eigenvalue weighted by molar-refractivity contribution is 5.38. The molecule has 1 aliphatic heterocycles. The molecule has 0 N–H and O–H groups in total. The second-order valence-corrected chi connectivity index (χ2v) is 6.07. The van der Waals surface area contributed by atoms with E-state index >= 15 is 0 Å². The van der Waals surface area contributed by atoms with Gasteiger partial charge in [-0.3, -0.25) is 4.98 Å². The smallest absolute Gasteiger partial charge is 0.234 e. The molecule has 0 aliphatic carbocycles. The number of hydrogen-bond acceptors (Lipinski definition) is 5. The van der Waals surface area contributed by atoms with Crippen molar-refractivity contribution in [1.82, 2.24) is 9.97 Å². The second kappa shape index (κ2) is 6.39. The number of anilines is 1. The van der Waals surface area contributed by atoms with E-state index in [0.29, 0.717) is 18.6 Å². The third-order valence-electron chi connectivity index (χ3n) is 3.18. The molecule has 1 aromatic rings. The third-order valence-corrected chi connectivity index (χ3v) is 3.18. The summed E-state index contributed by atoms with van der Waals surface area (Å²) in [4.78, 5) is 10.9. The summed E-state index contributed by atoms with van der Waals surface area (Å²) in [5.74, 6) is 1.49. The molecule has 1 aliphatic rings. The van der Waals surface area contributed by atoms with Gasteiger partial charge >= 0.3 is 0 Å². The fourth-order valence-corrected chi connectivity index (χ4v) is 2.41. The minimum absolute atomic E-state index is 0.0679. The van der Waals surface area contributed by atoms with Gasteiger partial charge in [0.25, 0.3) is 0 Å². The molecular formula is C15H25N3O2. The Balaban J connectivity index is 1.92. The van der Waals surface area contributed by atoms with Crippen LogP contribution in [0.25, 0.3) is 0 Å². The molecule has 0 radical (unpaired) electrons. The fraction of sp³-hybridized carbons (Fsp3) is 0.733. The lowest BCUT2D eigenvalue weighted by Gasteiger charge is -2.35. The van der Waals surface area contributed by atoms with Crippen LogP contribution < -0.4 is 9.64 Å². The topological polar surface area (TPSA) is 47.5 Å². The number of ether oxygens (including phenoxy) is 2. The number of aromatic nitrogens is 2. The molecule has 0 saturated carbocycles. The zero-order chi connectivity index (χ0) is 14.6. The summed E-state index contributed by atoms with van der Waals surface area (Å²) in [7, 11) is 0. The minimum atomic E-state index is -0.0679. The van der Waals surface area contributed by atoms with Crippen LogP contribution in [0.2, 0.25) is 0 Å². The second-order valence-electron chi connectivity index (χ2n) is 6.07. The van der Waals surface area contributed by atoms with Crippen LogP contribution in [0, 0.1) is 0 Å². The molecule has 2 rings (SSSR count). The molecule has 0 aromatic carbocycles. The van der Waals surface area contributed by atoms with Gasteiger partial charge in [0.15, 0.2) is 5.82 Å². The first-order valence-electron chi connectivity index (χ1n) is 7.35. The summed E-state index contributed by atoms with van der Waals surface area (Å²) in [6.45, 7) is 10.8. The van der Waals surface area contributed by atoms with Crippen LogP contribution in [0.3, 0.4) is 0 Å². The Morgan fingerprint density at radius 3 is 2.55 bits per heavy atom. The standard InChI is InChI=1S/C15H25N3O2/c1-5-19-14-11-16-10-13(17-14)18-8-6-12(7-9-18)20-15(2,3)4/h10-12H,5-9H2,1-4H3. The summed E-state index contributed by atoms with van der Waals surface area (Å²) in [5, 5.41) is 0. The van der Waals surface area contributed by atoms with Gasteiger partial charge in [0, 0.05) is 13.1 Å². The Bertz CT molecular complexity index is 423. The molecule has 1 aromatic heterocycles. The number of rotatable bonds is 4. The highest BCUT2D eigenvalue weighted by atomic mass is 16.5. The lowest BCUT2D eigenvalue weighted by Crippen LogP contribution is -2.40. The predicted molar refractivity (Wildman–Crippen MR) is 79.3 cm³/mol. The molecule has 2 heterocycles. The van der Waals surface area contributed by atoms with Crippen molar-refractivity contribution < 1.29 is 9.47 Å². The first-order chi connectivity index (χ1) is 9.48. The number of nitrogens with zero attached hydrogens (tertiary/aromatic N) is 3. The van der Waals surface area contributed by atoms with E-state index in [-0.39, 0.29) is 5.60 Å². The SMILES string of the molecule is CCOc1cncc(N2CCC(OC(C)(C)C)CC2)n1. The first kappa shape index (κ1) is 15.0. The molecule has 20 heavy (non-hydrogen) atoms. The van der Waals surface area contributed by atoms with Crippen LogP contribution in [0.4, 0.5) is 5.82 Å². The van der Waals surface area contributed by atoms with Gasteiger partial charge < -0.3 is 14.4 Å². The molecule has 112 valence electrons. The Morgan fingerprint density at radius 2 is 1.95 bits per heavy atom. The Kier molecular flexibility index (Phi) is 4.81. The first-order valence-corrected chi connectivity index (χ1v) is 7.35. The van der Waals surface area contributed by atoms with Crippen molar-refractivity contribution in [2.45, 2.75) is 52.2 Å². The van der Waals surface area contributed by atoms with Crippen LogP contribution in [-0.4, -0.2) is 41.4 Å². The summed E-state index contributed by atoms with van der Waals surface area (Å²) in [6, 6.07) is 0. The zero-order valence-electron chi connectivity index (χ0n) is 12.9. The monoisotopic (exact) mass is 279 g/mol. The van der Waals surface area contributed by atoms with Crippen molar-refractivity contribution in [2.24, 2.45) is 0 Å². The molecule has 0 atom stereocenters. The van der Waals surface area contributed by atoms with E-state index in [9.17, 15) is 0 Å². The Hall–Kier alpha value is -1.36. The van der Waals surface area contributed by atoms with E-state index in [0.717, 1.165) is 31.7 Å². The molecule has 1 saturated heterocycles. The van der Waals surface area contributed by atoms with Crippen LogP contribution in [0.15, 0.2) is 12.4 Å². The quantitative estimate of drug-likeness (QED) is 0.848. The summed E-state index contributed by atoms with van der Waals surface area (Å²) in [6.07, 6.45) is 5.85. The Labute approximate surface area is 121 Å². The van der Waals surface area contributed by atoms with Gasteiger partial charge in [0.1, 0.15) is 0 Å². The summed E-state index contributed by atoms with van der Waals surface area (Å²) >= 11 is 0. The van der Waals surface area contributed by atoms with Crippen molar-refractivity contribution in [3.05, 3.63) is 12.4 Å². The number of hydrogen-bond donors (Lipinski definition) is 0. The van der Waals surface area contributed by atoms with E-state index in [1.807, 2.05) is 6.92 Å². The molecule has 0 unspecified atom stereocenters. The van der Waals surface area contributed by atoms with Crippen molar-refractivity contribution >= 4 is 5.82 Å². The maximum Gasteiger partial charge on any atom is 0.234 e. The summed E-state index contributed by atoms with van der Waals surface area (Å²) in [5.41, 5.74) is -0.0679. The van der Waals surface area contributed by atoms with Gasteiger partial charge in [-0.25, -0.2) is 0 Å². The minimum Gasteiger partial charge on any atom is -0.477 e. The molecule has 5 nitrogen and oxygen atoms in total.